The summed E-state index contributed by atoms with van der Waals surface area (Å²) in [6, 6.07) is 14.3. The fraction of sp³-hybridized carbons (Fsp3) is 0.273. The maximum atomic E-state index is 12.1. The molecule has 0 unspecified atom stereocenters. The third kappa shape index (κ3) is 4.37. The van der Waals surface area contributed by atoms with E-state index < -0.39 is 0 Å². The van der Waals surface area contributed by atoms with Gasteiger partial charge in [-0.15, -0.1) is 11.3 Å². The number of anilines is 1. The van der Waals surface area contributed by atoms with Gasteiger partial charge in [0.1, 0.15) is 5.75 Å². The molecule has 1 amide bonds. The first-order chi connectivity index (χ1) is 13.2. The first-order valence-electron chi connectivity index (χ1n) is 9.24. The van der Waals surface area contributed by atoms with Crippen molar-refractivity contribution in [3.05, 3.63) is 64.5 Å². The predicted molar refractivity (Wildman–Crippen MR) is 109 cm³/mol. The number of fused-ring (bicyclic) bond motifs is 1. The summed E-state index contributed by atoms with van der Waals surface area (Å²) < 4.78 is 5.54. The van der Waals surface area contributed by atoms with E-state index >= 15 is 0 Å². The fourth-order valence-corrected chi connectivity index (χ4v) is 4.10. The number of hydrogen-bond donors (Lipinski definition) is 1. The SMILES string of the molecule is Cc1cccc(OCC(=O)Nc2nc(-c3ccc4c(c3)CCCC4)cs2)c1. The van der Waals surface area contributed by atoms with Crippen LogP contribution in [0, 0.1) is 6.92 Å². The molecule has 2 aromatic carbocycles. The Morgan fingerprint density at radius 3 is 2.85 bits per heavy atom. The van der Waals surface area contributed by atoms with Crippen LogP contribution in [0.1, 0.15) is 29.5 Å². The first-order valence-corrected chi connectivity index (χ1v) is 10.1. The van der Waals surface area contributed by atoms with Crippen LogP contribution in [0.2, 0.25) is 0 Å². The number of nitrogens with one attached hydrogen (secondary N) is 1. The number of nitrogens with zero attached hydrogens (tertiary/aromatic N) is 1. The number of aromatic nitrogens is 1. The number of rotatable bonds is 5. The first kappa shape index (κ1) is 17.7. The zero-order chi connectivity index (χ0) is 18.6. The van der Waals surface area contributed by atoms with E-state index in [1.165, 1.54) is 41.7 Å². The highest BCUT2D eigenvalue weighted by Crippen LogP contribution is 2.29. The van der Waals surface area contributed by atoms with Gasteiger partial charge in [-0.3, -0.25) is 10.1 Å². The van der Waals surface area contributed by atoms with Gasteiger partial charge < -0.3 is 4.74 Å². The van der Waals surface area contributed by atoms with Crippen molar-refractivity contribution < 1.29 is 9.53 Å². The molecule has 1 N–H and O–H groups in total. The van der Waals surface area contributed by atoms with Crippen LogP contribution >= 0.6 is 11.3 Å². The molecule has 1 aliphatic rings. The van der Waals surface area contributed by atoms with Crippen LogP contribution in [0.4, 0.5) is 5.13 Å². The number of hydrogen-bond acceptors (Lipinski definition) is 4. The summed E-state index contributed by atoms with van der Waals surface area (Å²) in [6.07, 6.45) is 4.86. The molecule has 0 saturated heterocycles. The van der Waals surface area contributed by atoms with Gasteiger partial charge in [0, 0.05) is 10.9 Å². The lowest BCUT2D eigenvalue weighted by Gasteiger charge is -2.16. The minimum atomic E-state index is -0.206. The number of carbonyl (C=O) groups excluding carboxylic acids is 1. The second kappa shape index (κ2) is 7.92. The summed E-state index contributed by atoms with van der Waals surface area (Å²) >= 11 is 1.44. The molecule has 0 bridgehead atoms. The lowest BCUT2D eigenvalue weighted by molar-refractivity contribution is -0.118. The minimum absolute atomic E-state index is 0.0305. The molecule has 1 heterocycles. The van der Waals surface area contributed by atoms with Crippen molar-refractivity contribution in [3.63, 3.8) is 0 Å². The number of benzene rings is 2. The standard InChI is InChI=1S/C22H22N2O2S/c1-15-5-4-8-19(11-15)26-13-21(25)24-22-23-20(14-27-22)18-10-9-16-6-2-3-7-17(16)12-18/h4-5,8-12,14H,2-3,6-7,13H2,1H3,(H,23,24,25). The second-order valence-electron chi connectivity index (χ2n) is 6.88. The lowest BCUT2D eigenvalue weighted by Crippen LogP contribution is -2.20. The van der Waals surface area contributed by atoms with Gasteiger partial charge >= 0.3 is 0 Å². The largest absolute Gasteiger partial charge is 0.484 e. The molecule has 4 rings (SSSR count). The van der Waals surface area contributed by atoms with Gasteiger partial charge in [-0.2, -0.15) is 0 Å². The monoisotopic (exact) mass is 378 g/mol. The summed E-state index contributed by atoms with van der Waals surface area (Å²) in [7, 11) is 0. The molecular formula is C22H22N2O2S. The fourth-order valence-electron chi connectivity index (χ4n) is 3.37. The highest BCUT2D eigenvalue weighted by molar-refractivity contribution is 7.14. The smallest absolute Gasteiger partial charge is 0.264 e. The van der Waals surface area contributed by atoms with E-state index in [1.807, 2.05) is 36.6 Å². The summed E-state index contributed by atoms with van der Waals surface area (Å²) in [5, 5.41) is 5.41. The third-order valence-corrected chi connectivity index (χ3v) is 5.51. The Bertz CT molecular complexity index is 964. The van der Waals surface area contributed by atoms with E-state index in [-0.39, 0.29) is 12.5 Å². The Hall–Kier alpha value is -2.66. The Labute approximate surface area is 163 Å². The maximum absolute atomic E-state index is 12.1. The van der Waals surface area contributed by atoms with Crippen LogP contribution in [-0.4, -0.2) is 17.5 Å². The van der Waals surface area contributed by atoms with Crippen LogP contribution in [0.25, 0.3) is 11.3 Å². The van der Waals surface area contributed by atoms with Crippen molar-refractivity contribution >= 4 is 22.4 Å². The van der Waals surface area contributed by atoms with E-state index in [9.17, 15) is 4.79 Å². The van der Waals surface area contributed by atoms with Crippen molar-refractivity contribution in [1.29, 1.82) is 0 Å². The van der Waals surface area contributed by atoms with E-state index in [0.29, 0.717) is 10.9 Å². The van der Waals surface area contributed by atoms with Gasteiger partial charge in [-0.25, -0.2) is 4.98 Å². The van der Waals surface area contributed by atoms with Gasteiger partial charge in [-0.1, -0.05) is 24.3 Å². The van der Waals surface area contributed by atoms with Gasteiger partial charge in [0.2, 0.25) is 0 Å². The topological polar surface area (TPSA) is 51.2 Å². The van der Waals surface area contributed by atoms with Crippen LogP contribution in [0.3, 0.4) is 0 Å². The molecule has 0 radical (unpaired) electrons. The van der Waals surface area contributed by atoms with Gasteiger partial charge in [0.05, 0.1) is 5.69 Å². The average molecular weight is 378 g/mol. The van der Waals surface area contributed by atoms with Crippen molar-refractivity contribution in [1.82, 2.24) is 4.98 Å². The highest BCUT2D eigenvalue weighted by Gasteiger charge is 2.13. The van der Waals surface area contributed by atoms with E-state index in [2.05, 4.69) is 28.5 Å². The third-order valence-electron chi connectivity index (χ3n) is 4.75. The van der Waals surface area contributed by atoms with Crippen molar-refractivity contribution in [2.45, 2.75) is 32.6 Å². The summed E-state index contributed by atoms with van der Waals surface area (Å²) in [6.45, 7) is 1.96. The number of carbonyl (C=O) groups is 1. The lowest BCUT2D eigenvalue weighted by atomic mass is 9.90. The van der Waals surface area contributed by atoms with Crippen LogP contribution in [-0.2, 0) is 17.6 Å². The number of amides is 1. The molecule has 0 aliphatic heterocycles. The number of aryl methyl sites for hydroxylation is 3. The zero-order valence-electron chi connectivity index (χ0n) is 15.3. The molecule has 1 aromatic heterocycles. The molecule has 0 spiro atoms. The minimum Gasteiger partial charge on any atom is -0.484 e. The summed E-state index contributed by atoms with van der Waals surface area (Å²) in [4.78, 5) is 16.7. The zero-order valence-corrected chi connectivity index (χ0v) is 16.1. The van der Waals surface area contributed by atoms with Crippen LogP contribution in [0.15, 0.2) is 47.8 Å². The van der Waals surface area contributed by atoms with E-state index in [4.69, 9.17) is 4.74 Å². The molecule has 0 fully saturated rings. The molecule has 0 saturated carbocycles. The number of thiazole rings is 1. The van der Waals surface area contributed by atoms with Crippen molar-refractivity contribution in [3.8, 4) is 17.0 Å². The molecule has 27 heavy (non-hydrogen) atoms. The Kier molecular flexibility index (Phi) is 5.21. The highest BCUT2D eigenvalue weighted by atomic mass is 32.1. The van der Waals surface area contributed by atoms with Gasteiger partial charge in [0.25, 0.3) is 5.91 Å². The Morgan fingerprint density at radius 2 is 2.00 bits per heavy atom. The number of ether oxygens (including phenoxy) is 1. The quantitative estimate of drug-likeness (QED) is 0.679. The van der Waals surface area contributed by atoms with Gasteiger partial charge in [-0.05, 0) is 67.5 Å². The molecule has 138 valence electrons. The molecule has 3 aromatic rings. The summed E-state index contributed by atoms with van der Waals surface area (Å²) in [5.74, 6) is 0.488. The predicted octanol–water partition coefficient (Wildman–Crippen LogP) is 5.01. The van der Waals surface area contributed by atoms with E-state index in [1.54, 1.807) is 0 Å². The Balaban J connectivity index is 1.38. The van der Waals surface area contributed by atoms with Gasteiger partial charge in [0.15, 0.2) is 11.7 Å². The normalized spacial score (nSPS) is 13.1. The molecule has 4 nitrogen and oxygen atoms in total. The van der Waals surface area contributed by atoms with Crippen molar-refractivity contribution in [2.75, 3.05) is 11.9 Å². The Morgan fingerprint density at radius 1 is 1.15 bits per heavy atom. The molecule has 1 aliphatic carbocycles. The molecular weight excluding hydrogens is 356 g/mol. The second-order valence-corrected chi connectivity index (χ2v) is 7.74. The van der Waals surface area contributed by atoms with E-state index in [0.717, 1.165) is 23.2 Å². The molecule has 0 atom stereocenters. The maximum Gasteiger partial charge on any atom is 0.264 e. The van der Waals surface area contributed by atoms with Crippen LogP contribution < -0.4 is 10.1 Å². The summed E-state index contributed by atoms with van der Waals surface area (Å²) in [5.41, 5.74) is 6.01. The van der Waals surface area contributed by atoms with Crippen LogP contribution in [0.5, 0.6) is 5.75 Å². The van der Waals surface area contributed by atoms with Crippen molar-refractivity contribution in [2.24, 2.45) is 0 Å². The molecule has 5 heteroatoms. The average Bonchev–Trinajstić information content (AvgIpc) is 3.14.